The van der Waals surface area contributed by atoms with Crippen molar-refractivity contribution in [1.29, 1.82) is 0 Å². The van der Waals surface area contributed by atoms with Crippen LogP contribution in [0.25, 0.3) is 0 Å². The number of hydrogen-bond donors (Lipinski definition) is 1. The lowest BCUT2D eigenvalue weighted by atomic mass is 9.79. The molecular weight excluding hydrogens is 248 g/mol. The quantitative estimate of drug-likeness (QED) is 0.917. The first kappa shape index (κ1) is 13.6. The van der Waals surface area contributed by atoms with E-state index in [1.807, 2.05) is 0 Å². The molecule has 2 aliphatic rings. The zero-order chi connectivity index (χ0) is 14.3. The Morgan fingerprint density at radius 1 is 1.30 bits per heavy atom. The van der Waals surface area contributed by atoms with Crippen molar-refractivity contribution in [2.24, 2.45) is 5.92 Å². The Balaban J connectivity index is 1.90. The Kier molecular flexibility index (Phi) is 3.55. The fourth-order valence-electron chi connectivity index (χ4n) is 3.44. The summed E-state index contributed by atoms with van der Waals surface area (Å²) in [4.78, 5) is 14.4. The second kappa shape index (κ2) is 5.21. The molecule has 108 valence electrons. The van der Waals surface area contributed by atoms with E-state index in [9.17, 15) is 4.79 Å². The lowest BCUT2D eigenvalue weighted by Crippen LogP contribution is -2.44. The molecule has 1 saturated carbocycles. The maximum absolute atomic E-state index is 12.3. The molecule has 1 amide bonds. The SMILES string of the molecule is Cc1ccc(C)c(C2NCC(=O)N2C(C)C2CCC2)c1. The number of aryl methyl sites for hydroxylation is 2. The number of hydrogen-bond acceptors (Lipinski definition) is 2. The summed E-state index contributed by atoms with van der Waals surface area (Å²) >= 11 is 0. The molecule has 0 aromatic heterocycles. The molecule has 1 aliphatic carbocycles. The topological polar surface area (TPSA) is 32.3 Å². The number of nitrogens with one attached hydrogen (secondary N) is 1. The van der Waals surface area contributed by atoms with E-state index >= 15 is 0 Å². The van der Waals surface area contributed by atoms with Crippen LogP contribution in [0.5, 0.6) is 0 Å². The molecule has 3 rings (SSSR count). The van der Waals surface area contributed by atoms with Crippen LogP contribution in [-0.2, 0) is 4.79 Å². The Morgan fingerprint density at radius 3 is 2.70 bits per heavy atom. The van der Waals surface area contributed by atoms with E-state index in [1.54, 1.807) is 0 Å². The van der Waals surface area contributed by atoms with Crippen LogP contribution >= 0.6 is 0 Å². The fraction of sp³-hybridized carbons (Fsp3) is 0.588. The van der Waals surface area contributed by atoms with Crippen LogP contribution in [0.1, 0.15) is 49.0 Å². The normalized spacial score (nSPS) is 24.9. The third-order valence-corrected chi connectivity index (χ3v) is 5.01. The highest BCUT2D eigenvalue weighted by molar-refractivity contribution is 5.81. The van der Waals surface area contributed by atoms with E-state index in [0.717, 1.165) is 0 Å². The zero-order valence-corrected chi connectivity index (χ0v) is 12.6. The van der Waals surface area contributed by atoms with Gasteiger partial charge in [-0.1, -0.05) is 30.2 Å². The molecular formula is C17H24N2O. The van der Waals surface area contributed by atoms with E-state index in [2.05, 4.69) is 49.2 Å². The molecule has 2 atom stereocenters. The van der Waals surface area contributed by atoms with Crippen LogP contribution < -0.4 is 5.32 Å². The van der Waals surface area contributed by atoms with Crippen molar-refractivity contribution in [2.75, 3.05) is 6.54 Å². The molecule has 0 bridgehead atoms. The highest BCUT2D eigenvalue weighted by Gasteiger charge is 2.39. The van der Waals surface area contributed by atoms with Crippen molar-refractivity contribution in [3.8, 4) is 0 Å². The lowest BCUT2D eigenvalue weighted by molar-refractivity contribution is -0.131. The van der Waals surface area contributed by atoms with Crippen LogP contribution in [-0.4, -0.2) is 23.4 Å². The van der Waals surface area contributed by atoms with Crippen LogP contribution in [0.3, 0.4) is 0 Å². The summed E-state index contributed by atoms with van der Waals surface area (Å²) in [6.07, 6.45) is 3.91. The van der Waals surface area contributed by atoms with Gasteiger partial charge in [0.25, 0.3) is 0 Å². The first-order valence-electron chi connectivity index (χ1n) is 7.69. The molecule has 3 nitrogen and oxygen atoms in total. The maximum Gasteiger partial charge on any atom is 0.238 e. The molecule has 0 radical (unpaired) electrons. The molecule has 1 saturated heterocycles. The number of rotatable bonds is 3. The lowest BCUT2D eigenvalue weighted by Gasteiger charge is -2.40. The van der Waals surface area contributed by atoms with Crippen LogP contribution in [0, 0.1) is 19.8 Å². The number of carbonyl (C=O) groups is 1. The summed E-state index contributed by atoms with van der Waals surface area (Å²) < 4.78 is 0. The van der Waals surface area contributed by atoms with Gasteiger partial charge < -0.3 is 4.90 Å². The van der Waals surface area contributed by atoms with Gasteiger partial charge in [0.2, 0.25) is 5.91 Å². The molecule has 0 spiro atoms. The van der Waals surface area contributed by atoms with Crippen molar-refractivity contribution < 1.29 is 4.79 Å². The van der Waals surface area contributed by atoms with Gasteiger partial charge in [-0.25, -0.2) is 0 Å². The largest absolute Gasteiger partial charge is 0.319 e. The van der Waals surface area contributed by atoms with Crippen molar-refractivity contribution in [3.05, 3.63) is 34.9 Å². The zero-order valence-electron chi connectivity index (χ0n) is 12.6. The highest BCUT2D eigenvalue weighted by atomic mass is 16.2. The van der Waals surface area contributed by atoms with Gasteiger partial charge in [-0.05, 0) is 50.7 Å². The average molecular weight is 272 g/mol. The second-order valence-corrected chi connectivity index (χ2v) is 6.38. The third-order valence-electron chi connectivity index (χ3n) is 5.01. The Bertz CT molecular complexity index is 522. The molecule has 1 aromatic carbocycles. The third kappa shape index (κ3) is 2.24. The Morgan fingerprint density at radius 2 is 2.05 bits per heavy atom. The summed E-state index contributed by atoms with van der Waals surface area (Å²) in [5.74, 6) is 0.932. The van der Waals surface area contributed by atoms with E-state index in [-0.39, 0.29) is 12.1 Å². The molecule has 1 heterocycles. The first-order chi connectivity index (χ1) is 9.58. The molecule has 2 unspecified atom stereocenters. The summed E-state index contributed by atoms with van der Waals surface area (Å²) in [7, 11) is 0. The minimum atomic E-state index is 0.0537. The maximum atomic E-state index is 12.3. The van der Waals surface area contributed by atoms with Crippen LogP contribution in [0.4, 0.5) is 0 Å². The number of nitrogens with zero attached hydrogens (tertiary/aromatic N) is 1. The smallest absolute Gasteiger partial charge is 0.238 e. The van der Waals surface area contributed by atoms with Gasteiger partial charge in [0.05, 0.1) is 6.54 Å². The molecule has 1 aromatic rings. The fourth-order valence-corrected chi connectivity index (χ4v) is 3.44. The molecule has 3 heteroatoms. The Labute approximate surface area is 121 Å². The number of benzene rings is 1. The van der Waals surface area contributed by atoms with Crippen molar-refractivity contribution in [1.82, 2.24) is 10.2 Å². The van der Waals surface area contributed by atoms with E-state index < -0.39 is 0 Å². The first-order valence-corrected chi connectivity index (χ1v) is 7.69. The van der Waals surface area contributed by atoms with Crippen molar-refractivity contribution in [3.63, 3.8) is 0 Å². The van der Waals surface area contributed by atoms with Gasteiger partial charge in [-0.15, -0.1) is 0 Å². The highest BCUT2D eigenvalue weighted by Crippen LogP contribution is 2.37. The molecule has 1 aliphatic heterocycles. The van der Waals surface area contributed by atoms with Crippen molar-refractivity contribution >= 4 is 5.91 Å². The summed E-state index contributed by atoms with van der Waals surface area (Å²) in [5.41, 5.74) is 3.76. The monoisotopic (exact) mass is 272 g/mol. The summed E-state index contributed by atoms with van der Waals surface area (Å²) in [5, 5.41) is 3.40. The average Bonchev–Trinajstić information content (AvgIpc) is 2.72. The minimum absolute atomic E-state index is 0.0537. The molecule has 2 fully saturated rings. The standard InChI is InChI=1S/C17H24N2O/c1-11-7-8-12(2)15(9-11)17-18-10-16(20)19(17)13(3)14-5-4-6-14/h7-9,13-14,17-18H,4-6,10H2,1-3H3. The van der Waals surface area contributed by atoms with Crippen LogP contribution in [0.15, 0.2) is 18.2 Å². The van der Waals surface area contributed by atoms with E-state index in [4.69, 9.17) is 0 Å². The van der Waals surface area contributed by atoms with Gasteiger partial charge in [0.1, 0.15) is 6.17 Å². The molecule has 20 heavy (non-hydrogen) atoms. The predicted molar refractivity (Wildman–Crippen MR) is 80.3 cm³/mol. The summed E-state index contributed by atoms with van der Waals surface area (Å²) in [6.45, 7) is 6.92. The summed E-state index contributed by atoms with van der Waals surface area (Å²) in [6, 6.07) is 6.85. The van der Waals surface area contributed by atoms with Gasteiger partial charge in [-0.3, -0.25) is 10.1 Å². The van der Waals surface area contributed by atoms with Gasteiger partial charge in [0.15, 0.2) is 0 Å². The Hall–Kier alpha value is -1.35. The predicted octanol–water partition coefficient (Wildman–Crippen LogP) is 2.92. The molecule has 1 N–H and O–H groups in total. The number of carbonyl (C=O) groups excluding carboxylic acids is 1. The second-order valence-electron chi connectivity index (χ2n) is 6.38. The minimum Gasteiger partial charge on any atom is -0.319 e. The van der Waals surface area contributed by atoms with Gasteiger partial charge in [-0.2, -0.15) is 0 Å². The van der Waals surface area contributed by atoms with Crippen molar-refractivity contribution in [2.45, 2.75) is 52.2 Å². The van der Waals surface area contributed by atoms with E-state index in [0.29, 0.717) is 18.5 Å². The van der Waals surface area contributed by atoms with Gasteiger partial charge >= 0.3 is 0 Å². The number of amides is 1. The van der Waals surface area contributed by atoms with Gasteiger partial charge in [0, 0.05) is 6.04 Å². The van der Waals surface area contributed by atoms with E-state index in [1.165, 1.54) is 36.0 Å². The van der Waals surface area contributed by atoms with Crippen LogP contribution in [0.2, 0.25) is 0 Å².